The summed E-state index contributed by atoms with van der Waals surface area (Å²) in [5, 5.41) is 5.75. The standard InChI is InChI=1S/C16H13Cl2N3O4/c1-16(12-3-2-6-25-12)14(23)21(15(24)20-16)8-13(22)19-11-5-4-9(17)7-10(11)18/h2-7H,8H2,1H3,(H,19,22)(H,20,24). The molecule has 0 aliphatic carbocycles. The first-order chi connectivity index (χ1) is 11.8. The lowest BCUT2D eigenvalue weighted by Gasteiger charge is -2.18. The number of nitrogens with one attached hydrogen (secondary N) is 2. The lowest BCUT2D eigenvalue weighted by atomic mass is 9.99. The molecule has 2 heterocycles. The summed E-state index contributed by atoms with van der Waals surface area (Å²) in [6, 6.07) is 7.07. The lowest BCUT2D eigenvalue weighted by Crippen LogP contribution is -2.41. The number of carbonyl (C=O) groups is 3. The molecule has 1 fully saturated rings. The van der Waals surface area contributed by atoms with E-state index in [-0.39, 0.29) is 10.8 Å². The van der Waals surface area contributed by atoms with E-state index in [1.807, 2.05) is 0 Å². The molecule has 0 radical (unpaired) electrons. The normalized spacial score (nSPS) is 19.9. The highest BCUT2D eigenvalue weighted by atomic mass is 35.5. The van der Waals surface area contributed by atoms with Gasteiger partial charge < -0.3 is 15.1 Å². The van der Waals surface area contributed by atoms with E-state index < -0.39 is 29.9 Å². The van der Waals surface area contributed by atoms with Gasteiger partial charge in [-0.2, -0.15) is 0 Å². The van der Waals surface area contributed by atoms with Crippen LogP contribution in [-0.4, -0.2) is 29.3 Å². The molecule has 1 aromatic carbocycles. The molecule has 2 N–H and O–H groups in total. The summed E-state index contributed by atoms with van der Waals surface area (Å²) >= 11 is 11.8. The fourth-order valence-corrected chi connectivity index (χ4v) is 2.95. The minimum atomic E-state index is -1.35. The fraction of sp³-hybridized carbons (Fsp3) is 0.188. The Kier molecular flexibility index (Phi) is 4.45. The maximum atomic E-state index is 12.6. The van der Waals surface area contributed by atoms with Crippen molar-refractivity contribution in [1.82, 2.24) is 10.2 Å². The molecule has 4 amide bonds. The van der Waals surface area contributed by atoms with E-state index >= 15 is 0 Å². The minimum Gasteiger partial charge on any atom is -0.466 e. The quantitative estimate of drug-likeness (QED) is 0.796. The predicted molar refractivity (Wildman–Crippen MR) is 91.4 cm³/mol. The number of amides is 4. The number of imide groups is 1. The third-order valence-electron chi connectivity index (χ3n) is 3.80. The second-order valence-electron chi connectivity index (χ2n) is 5.60. The Morgan fingerprint density at radius 3 is 2.72 bits per heavy atom. The number of furan rings is 1. The molecule has 1 aromatic heterocycles. The number of carbonyl (C=O) groups excluding carboxylic acids is 3. The highest BCUT2D eigenvalue weighted by molar-refractivity contribution is 6.36. The smallest absolute Gasteiger partial charge is 0.325 e. The molecular formula is C16H13Cl2N3O4. The van der Waals surface area contributed by atoms with Crippen molar-refractivity contribution in [2.24, 2.45) is 0 Å². The minimum absolute atomic E-state index is 0.249. The van der Waals surface area contributed by atoms with Gasteiger partial charge in [0.05, 0.1) is 17.0 Å². The lowest BCUT2D eigenvalue weighted by molar-refractivity contribution is -0.134. The van der Waals surface area contributed by atoms with Gasteiger partial charge in [0.2, 0.25) is 5.91 Å². The molecule has 3 rings (SSSR count). The number of halogens is 2. The zero-order valence-electron chi connectivity index (χ0n) is 13.0. The van der Waals surface area contributed by atoms with E-state index in [0.717, 1.165) is 4.90 Å². The summed E-state index contributed by atoms with van der Waals surface area (Å²) in [7, 11) is 0. The third-order valence-corrected chi connectivity index (χ3v) is 4.34. The van der Waals surface area contributed by atoms with Gasteiger partial charge in [-0.1, -0.05) is 23.2 Å². The van der Waals surface area contributed by atoms with Crippen molar-refractivity contribution < 1.29 is 18.8 Å². The van der Waals surface area contributed by atoms with Crippen LogP contribution in [0, 0.1) is 0 Å². The number of hydrogen-bond acceptors (Lipinski definition) is 4. The molecule has 1 saturated heterocycles. The second-order valence-corrected chi connectivity index (χ2v) is 6.44. The van der Waals surface area contributed by atoms with Crippen LogP contribution in [0.1, 0.15) is 12.7 Å². The van der Waals surface area contributed by atoms with Crippen molar-refractivity contribution in [1.29, 1.82) is 0 Å². The Labute approximate surface area is 152 Å². The topological polar surface area (TPSA) is 91.7 Å². The summed E-state index contributed by atoms with van der Waals surface area (Å²) in [6.07, 6.45) is 1.40. The predicted octanol–water partition coefficient (Wildman–Crippen LogP) is 2.99. The molecular weight excluding hydrogens is 369 g/mol. The van der Waals surface area contributed by atoms with Gasteiger partial charge in [0.15, 0.2) is 5.54 Å². The number of urea groups is 1. The molecule has 9 heteroatoms. The van der Waals surface area contributed by atoms with Gasteiger partial charge in [-0.15, -0.1) is 0 Å². The van der Waals surface area contributed by atoms with Gasteiger partial charge in [0.25, 0.3) is 5.91 Å². The van der Waals surface area contributed by atoms with Crippen molar-refractivity contribution in [3.8, 4) is 0 Å². The van der Waals surface area contributed by atoms with Crippen LogP contribution in [0.3, 0.4) is 0 Å². The van der Waals surface area contributed by atoms with Crippen LogP contribution in [0.5, 0.6) is 0 Å². The van der Waals surface area contributed by atoms with Crippen molar-refractivity contribution in [3.05, 3.63) is 52.4 Å². The molecule has 1 unspecified atom stereocenters. The van der Waals surface area contributed by atoms with Crippen LogP contribution in [0.15, 0.2) is 41.0 Å². The van der Waals surface area contributed by atoms with Crippen LogP contribution in [-0.2, 0) is 15.1 Å². The number of hydrogen-bond donors (Lipinski definition) is 2. The Morgan fingerprint density at radius 2 is 2.08 bits per heavy atom. The van der Waals surface area contributed by atoms with Gasteiger partial charge in [-0.3, -0.25) is 14.5 Å². The average molecular weight is 382 g/mol. The maximum absolute atomic E-state index is 12.6. The first-order valence-electron chi connectivity index (χ1n) is 7.24. The highest BCUT2D eigenvalue weighted by Gasteiger charge is 2.51. The molecule has 1 aliphatic rings. The van der Waals surface area contributed by atoms with Gasteiger partial charge in [0, 0.05) is 5.02 Å². The average Bonchev–Trinajstić information content (AvgIpc) is 3.15. The second kappa shape index (κ2) is 6.42. The summed E-state index contributed by atoms with van der Waals surface area (Å²) in [5.74, 6) is -0.865. The molecule has 25 heavy (non-hydrogen) atoms. The molecule has 0 saturated carbocycles. The van der Waals surface area contributed by atoms with Crippen molar-refractivity contribution in [3.63, 3.8) is 0 Å². The van der Waals surface area contributed by atoms with Crippen LogP contribution in [0.25, 0.3) is 0 Å². The van der Waals surface area contributed by atoms with Crippen molar-refractivity contribution in [2.75, 3.05) is 11.9 Å². The first kappa shape index (κ1) is 17.3. The molecule has 7 nitrogen and oxygen atoms in total. The van der Waals surface area contributed by atoms with Gasteiger partial charge >= 0.3 is 6.03 Å². The van der Waals surface area contributed by atoms with E-state index in [0.29, 0.717) is 10.7 Å². The molecule has 1 aliphatic heterocycles. The van der Waals surface area contributed by atoms with E-state index in [9.17, 15) is 14.4 Å². The zero-order valence-corrected chi connectivity index (χ0v) is 14.5. The third kappa shape index (κ3) is 3.20. The largest absolute Gasteiger partial charge is 0.466 e. The van der Waals surface area contributed by atoms with Gasteiger partial charge in [0.1, 0.15) is 12.3 Å². The number of benzene rings is 1. The molecule has 2 aromatic rings. The van der Waals surface area contributed by atoms with Crippen molar-refractivity contribution in [2.45, 2.75) is 12.5 Å². The molecule has 130 valence electrons. The van der Waals surface area contributed by atoms with E-state index in [1.54, 1.807) is 18.2 Å². The van der Waals surface area contributed by atoms with E-state index in [4.69, 9.17) is 27.6 Å². The summed E-state index contributed by atoms with van der Waals surface area (Å²) in [6.45, 7) is 1.06. The fourth-order valence-electron chi connectivity index (χ4n) is 2.49. The Morgan fingerprint density at radius 1 is 1.32 bits per heavy atom. The van der Waals surface area contributed by atoms with Crippen LogP contribution in [0.4, 0.5) is 10.5 Å². The highest BCUT2D eigenvalue weighted by Crippen LogP contribution is 2.29. The Bertz CT molecular complexity index is 853. The SMILES string of the molecule is CC1(c2ccco2)NC(=O)N(CC(=O)Nc2ccc(Cl)cc2Cl)C1=O. The van der Waals surface area contributed by atoms with Crippen LogP contribution < -0.4 is 10.6 Å². The Balaban J connectivity index is 1.73. The molecule has 1 atom stereocenters. The maximum Gasteiger partial charge on any atom is 0.325 e. The Hall–Kier alpha value is -2.51. The first-order valence-corrected chi connectivity index (χ1v) is 8.00. The summed E-state index contributed by atoms with van der Waals surface area (Å²) < 4.78 is 5.22. The van der Waals surface area contributed by atoms with E-state index in [2.05, 4.69) is 10.6 Å². The molecule has 0 bridgehead atoms. The number of anilines is 1. The van der Waals surface area contributed by atoms with Crippen molar-refractivity contribution >= 4 is 46.7 Å². The monoisotopic (exact) mass is 381 g/mol. The van der Waals surface area contributed by atoms with Gasteiger partial charge in [-0.25, -0.2) is 4.79 Å². The molecule has 0 spiro atoms. The van der Waals surface area contributed by atoms with Gasteiger partial charge in [-0.05, 0) is 37.3 Å². The number of nitrogens with zero attached hydrogens (tertiary/aromatic N) is 1. The summed E-state index contributed by atoms with van der Waals surface area (Å²) in [5.41, 5.74) is -1.02. The van der Waals surface area contributed by atoms with Crippen LogP contribution >= 0.6 is 23.2 Å². The van der Waals surface area contributed by atoms with Crippen LogP contribution in [0.2, 0.25) is 10.0 Å². The number of rotatable bonds is 4. The van der Waals surface area contributed by atoms with E-state index in [1.165, 1.54) is 25.3 Å². The zero-order chi connectivity index (χ0) is 18.2. The summed E-state index contributed by atoms with van der Waals surface area (Å²) in [4.78, 5) is 37.7.